The van der Waals surface area contributed by atoms with E-state index >= 15 is 0 Å². The second-order valence-corrected chi connectivity index (χ2v) is 0. The van der Waals surface area contributed by atoms with Crippen LogP contribution in [0.25, 0.3) is 0 Å². The van der Waals surface area contributed by atoms with E-state index in [2.05, 4.69) is 0 Å². The van der Waals surface area contributed by atoms with Crippen LogP contribution in [0, 0.1) is 0 Å². The molecule has 18 N–H and O–H groups in total. The number of hydrogen-bond donors (Lipinski definition) is 0. The van der Waals surface area contributed by atoms with Gasteiger partial charge in [0.05, 0.1) is 0 Å². The van der Waals surface area contributed by atoms with E-state index in [0.717, 1.165) is 0 Å². The summed E-state index contributed by atoms with van der Waals surface area (Å²) in [6, 6.07) is 0. The molecule has 0 aliphatic rings. The van der Waals surface area contributed by atoms with E-state index in [1.807, 2.05) is 0 Å². The van der Waals surface area contributed by atoms with E-state index in [0.29, 0.717) is 0 Å². The van der Waals surface area contributed by atoms with Gasteiger partial charge in [-0.2, -0.15) is 0 Å². The van der Waals surface area contributed by atoms with E-state index in [1.54, 1.807) is 0 Å². The molecule has 0 aromatic carbocycles. The first-order valence-corrected chi connectivity index (χ1v) is 0. The van der Waals surface area contributed by atoms with Gasteiger partial charge >= 0.3 is 0 Å². The van der Waals surface area contributed by atoms with Crippen molar-refractivity contribution in [3.8, 4) is 0 Å². The van der Waals surface area contributed by atoms with Gasteiger partial charge in [-0.05, 0) is 0 Å². The first-order valence-electron chi connectivity index (χ1n) is 0. The second kappa shape index (κ2) is 209. The molecular formula is H18Ba2Ca2Cu3O9Ti. The molecule has 0 aliphatic heterocycles. The van der Waals surface area contributed by atoms with Crippen LogP contribution in [0.15, 0.2) is 0 Å². The molecule has 0 aromatic rings. The van der Waals surface area contributed by atoms with Gasteiger partial charge in [0.2, 0.25) is 0 Å². The van der Waals surface area contributed by atoms with Gasteiger partial charge in [0, 0.05) is 246 Å². The Bertz CT molecular complexity index is 32.2. The summed E-state index contributed by atoms with van der Waals surface area (Å²) in [5, 5.41) is 0. The predicted molar refractivity (Wildman–Crippen MR) is 55.5 cm³/mol. The molecule has 0 unspecified atom stereocenters. The third kappa shape index (κ3) is 191. The maximum absolute atomic E-state index is 0. The fourth-order valence-electron chi connectivity index (χ4n) is 0. The molecule has 0 heterocycles. The van der Waals surface area contributed by atoms with Crippen molar-refractivity contribution in [1.82, 2.24) is 0 Å². The van der Waals surface area contributed by atoms with Gasteiger partial charge in [0.1, 0.15) is 0 Å². The van der Waals surface area contributed by atoms with Crippen molar-refractivity contribution in [1.29, 1.82) is 0 Å². The van der Waals surface area contributed by atoms with Gasteiger partial charge in [-0.3, -0.25) is 0 Å². The van der Waals surface area contributed by atoms with Crippen LogP contribution in [0.3, 0.4) is 0 Å². The van der Waals surface area contributed by atoms with Crippen LogP contribution in [0.4, 0.5) is 0 Å². The van der Waals surface area contributed by atoms with Crippen molar-refractivity contribution in [2.45, 2.75) is 0 Å². The minimum Gasteiger partial charge on any atom is -0.412 e. The Morgan fingerprint density at radius 3 is 0.294 bits per heavy atom. The first-order chi connectivity index (χ1) is 0. The summed E-state index contributed by atoms with van der Waals surface area (Å²) in [4.78, 5) is 0. The molecule has 17 heavy (non-hydrogen) atoms. The molecule has 0 fully saturated rings. The molecule has 0 bridgehead atoms. The molecule has 17 heteroatoms. The molecule has 0 atom stereocenters. The Morgan fingerprint density at radius 2 is 0.294 bits per heavy atom. The van der Waals surface area contributed by atoms with Gasteiger partial charge < -0.3 is 49.3 Å². The Kier molecular flexibility index (Phi) is 2930. The summed E-state index contributed by atoms with van der Waals surface area (Å²) in [5.41, 5.74) is 0. The summed E-state index contributed by atoms with van der Waals surface area (Å²) in [5.74, 6) is 0. The van der Waals surface area contributed by atoms with Crippen molar-refractivity contribution in [2.75, 3.05) is 0 Å². The molecule has 9 nitrogen and oxygen atoms in total. The molecular weight excluding hydrogens is 737 g/mol. The Balaban J connectivity index is 0. The van der Waals surface area contributed by atoms with Crippen LogP contribution >= 0.6 is 0 Å². The molecule has 0 spiro atoms. The summed E-state index contributed by atoms with van der Waals surface area (Å²) >= 11 is 0. The third-order valence-electron chi connectivity index (χ3n) is 0. The molecule has 0 amide bonds. The smallest absolute Gasteiger partial charge is 0 e. The quantitative estimate of drug-likeness (QED) is 0.208. The van der Waals surface area contributed by atoms with Crippen LogP contribution in [-0.2, 0) is 72.9 Å². The number of hydrogen-bond acceptors (Lipinski definition) is 0. The topological polar surface area (TPSA) is 284 Å². The third-order valence-corrected chi connectivity index (χ3v) is 0. The fourth-order valence-corrected chi connectivity index (χ4v) is 0. The van der Waals surface area contributed by atoms with Crippen molar-refractivity contribution < 1.29 is 122 Å². The molecule has 11 radical (unpaired) electrons. The molecule has 0 aromatic heterocycles. The summed E-state index contributed by atoms with van der Waals surface area (Å²) in [7, 11) is 0. The van der Waals surface area contributed by atoms with Crippen LogP contribution in [0.2, 0.25) is 0 Å². The Morgan fingerprint density at radius 1 is 0.294 bits per heavy atom. The zero-order valence-electron chi connectivity index (χ0n) is 8.73. The number of rotatable bonds is 0. The minimum atomic E-state index is 0. The normalized spacial score (nSPS) is 0. The minimum absolute atomic E-state index is 0. The second-order valence-electron chi connectivity index (χ2n) is 0. The van der Waals surface area contributed by atoms with Gasteiger partial charge in [0.25, 0.3) is 0 Å². The first kappa shape index (κ1) is 238. The van der Waals surface area contributed by atoms with E-state index in [4.69, 9.17) is 0 Å². The van der Waals surface area contributed by atoms with E-state index in [-0.39, 0.29) is 295 Å². The predicted octanol–water partition coefficient (Wildman–Crippen LogP) is -8.96. The van der Waals surface area contributed by atoms with Crippen LogP contribution < -0.4 is 0 Å². The molecule has 0 saturated carbocycles. The van der Waals surface area contributed by atoms with Crippen LogP contribution in [0.1, 0.15) is 0 Å². The SMILES string of the molecule is O.O.O.O.O.O.O.O.O.[Ba].[Ba].[Ca].[Ca].[Cu].[Cu].[Cu].[Ti]. The average molecular weight is 755 g/mol. The van der Waals surface area contributed by atoms with E-state index < -0.39 is 0 Å². The van der Waals surface area contributed by atoms with Gasteiger partial charge in [-0.25, -0.2) is 0 Å². The monoisotopic (exact) mass is 755 g/mol. The molecule has 0 aliphatic carbocycles. The maximum Gasteiger partial charge on any atom is 0 e. The van der Waals surface area contributed by atoms with E-state index in [1.165, 1.54) is 0 Å². The van der Waals surface area contributed by atoms with Crippen molar-refractivity contribution in [2.24, 2.45) is 0 Å². The summed E-state index contributed by atoms with van der Waals surface area (Å²) in [6.07, 6.45) is 0. The zero-order valence-corrected chi connectivity index (χ0v) is 26.4. The van der Waals surface area contributed by atoms with Crippen molar-refractivity contribution in [3.05, 3.63) is 0 Å². The van der Waals surface area contributed by atoms with Crippen LogP contribution in [0.5, 0.6) is 0 Å². The zero-order chi connectivity index (χ0) is 0. The van der Waals surface area contributed by atoms with Crippen molar-refractivity contribution in [3.63, 3.8) is 0 Å². The van der Waals surface area contributed by atoms with Crippen LogP contribution in [-0.4, -0.2) is 223 Å². The Labute approximate surface area is 287 Å². The van der Waals surface area contributed by atoms with E-state index in [9.17, 15) is 0 Å². The molecule has 0 saturated heterocycles. The van der Waals surface area contributed by atoms with Gasteiger partial charge in [-0.15, -0.1) is 0 Å². The average Bonchev–Trinajstić information content (AvgIpc) is 0. The summed E-state index contributed by atoms with van der Waals surface area (Å²) in [6.45, 7) is 0. The van der Waals surface area contributed by atoms with Crippen molar-refractivity contribution >= 4 is 173 Å². The molecule has 117 valence electrons. The molecule has 0 rings (SSSR count). The van der Waals surface area contributed by atoms with Gasteiger partial charge in [0.15, 0.2) is 0 Å². The largest absolute Gasteiger partial charge is 0.412 e. The standard InChI is InChI=1S/2Ba.2Ca.3Cu.9H2O.Ti/h;;;;;;;9*1H2;. The van der Waals surface area contributed by atoms with Gasteiger partial charge in [-0.1, -0.05) is 0 Å². The fraction of sp³-hybridized carbons (Fsp3) is 0. The Hall–Kier alpha value is 7.58. The summed E-state index contributed by atoms with van der Waals surface area (Å²) < 4.78 is 0. The maximum atomic E-state index is 0.